The summed E-state index contributed by atoms with van der Waals surface area (Å²) in [5.74, 6) is 0. The third-order valence-corrected chi connectivity index (χ3v) is 9.43. The van der Waals surface area contributed by atoms with Gasteiger partial charge in [0.15, 0.2) is 0 Å². The molecule has 0 unspecified atom stereocenters. The Morgan fingerprint density at radius 2 is 0.458 bits per heavy atom. The molecule has 0 aliphatic rings. The first kappa shape index (κ1) is 29.4. The number of hydrogen-bond donors (Lipinski definition) is 0. The Morgan fingerprint density at radius 3 is 0.792 bits per heavy atom. The first-order valence-electron chi connectivity index (χ1n) is 17.0. The quantitative estimate of drug-likeness (QED) is 0.173. The maximum atomic E-state index is 2.45. The highest BCUT2D eigenvalue weighted by Crippen LogP contribution is 2.47. The molecule has 9 aromatic rings. The normalized spacial score (nSPS) is 11.1. The molecule has 0 fully saturated rings. The lowest BCUT2D eigenvalue weighted by molar-refractivity contribution is 1.50. The van der Waals surface area contributed by atoms with Crippen molar-refractivity contribution in [2.24, 2.45) is 0 Å². The van der Waals surface area contributed by atoms with E-state index in [0.29, 0.717) is 0 Å². The summed E-state index contributed by atoms with van der Waals surface area (Å²) < 4.78 is 0. The second-order valence-electron chi connectivity index (χ2n) is 12.0. The zero-order valence-corrected chi connectivity index (χ0v) is 27.3. The van der Waals surface area contributed by atoms with Crippen LogP contribution in [-0.2, 0) is 0 Å². The van der Waals surface area contributed by atoms with E-state index in [1.165, 1.54) is 87.6 Å². The molecule has 0 heterocycles. The van der Waals surface area contributed by atoms with Gasteiger partial charge in [0.05, 0.1) is 0 Å². The molecule has 9 aromatic carbocycles. The zero-order chi connectivity index (χ0) is 32.5. The predicted molar refractivity (Wildman–Crippen MR) is 210 cm³/mol. The van der Waals surface area contributed by atoms with Gasteiger partial charge in [-0.05, 0) is 93.7 Å². The second-order valence-corrected chi connectivity index (χ2v) is 12.0. The van der Waals surface area contributed by atoms with Gasteiger partial charge in [0.2, 0.25) is 0 Å². The van der Waals surface area contributed by atoms with Gasteiger partial charge in [0.1, 0.15) is 0 Å². The number of fused-ring (bicyclic) bond motifs is 4. The van der Waals surface area contributed by atoms with Gasteiger partial charge < -0.3 is 0 Å². The Balaban J connectivity index is 0.00000165. The van der Waals surface area contributed by atoms with Gasteiger partial charge in [-0.2, -0.15) is 0 Å². The van der Waals surface area contributed by atoms with Crippen molar-refractivity contribution in [3.05, 3.63) is 182 Å². The third-order valence-electron chi connectivity index (χ3n) is 9.43. The molecular weight excluding hydrogens is 577 g/mol. The van der Waals surface area contributed by atoms with Crippen LogP contribution in [0.25, 0.3) is 87.6 Å². The van der Waals surface area contributed by atoms with E-state index in [0.717, 1.165) is 0 Å². The fraction of sp³-hybridized carbons (Fsp3) is 0.0417. The molecule has 0 aliphatic carbocycles. The highest BCUT2D eigenvalue weighted by atomic mass is 14.2. The topological polar surface area (TPSA) is 0 Å². The van der Waals surface area contributed by atoms with E-state index >= 15 is 0 Å². The molecule has 228 valence electrons. The average molecular weight is 613 g/mol. The maximum absolute atomic E-state index is 2.45. The Morgan fingerprint density at radius 1 is 0.208 bits per heavy atom. The van der Waals surface area contributed by atoms with Crippen LogP contribution in [0.5, 0.6) is 0 Å². The largest absolute Gasteiger partial charge is 0.0683 e. The lowest BCUT2D eigenvalue weighted by atomic mass is 9.83. The van der Waals surface area contributed by atoms with Crippen LogP contribution in [0.1, 0.15) is 13.8 Å². The molecule has 0 radical (unpaired) electrons. The van der Waals surface area contributed by atoms with Gasteiger partial charge in [0.25, 0.3) is 0 Å². The summed E-state index contributed by atoms with van der Waals surface area (Å²) in [5, 5.41) is 10.2. The molecule has 9 rings (SSSR count). The maximum Gasteiger partial charge on any atom is -0.00261 e. The average Bonchev–Trinajstić information content (AvgIpc) is 3.17. The minimum Gasteiger partial charge on any atom is -0.0683 e. The van der Waals surface area contributed by atoms with Crippen LogP contribution in [-0.4, -0.2) is 0 Å². The fourth-order valence-corrected chi connectivity index (χ4v) is 7.52. The third kappa shape index (κ3) is 4.86. The Kier molecular flexibility index (Phi) is 7.76. The van der Waals surface area contributed by atoms with Gasteiger partial charge in [-0.3, -0.25) is 0 Å². The van der Waals surface area contributed by atoms with Gasteiger partial charge in [-0.15, -0.1) is 0 Å². The van der Waals surface area contributed by atoms with E-state index in [-0.39, 0.29) is 0 Å². The van der Waals surface area contributed by atoms with Crippen molar-refractivity contribution in [3.8, 4) is 44.5 Å². The summed E-state index contributed by atoms with van der Waals surface area (Å²) in [6.07, 6.45) is 0. The number of hydrogen-bond acceptors (Lipinski definition) is 0. The van der Waals surface area contributed by atoms with Crippen molar-refractivity contribution in [1.82, 2.24) is 0 Å². The van der Waals surface area contributed by atoms with Crippen LogP contribution in [0.2, 0.25) is 0 Å². The molecule has 0 aliphatic heterocycles. The minimum absolute atomic E-state index is 1.23. The van der Waals surface area contributed by atoms with Crippen molar-refractivity contribution in [2.75, 3.05) is 0 Å². The molecule has 0 atom stereocenters. The highest BCUT2D eigenvalue weighted by molar-refractivity contribution is 6.25. The van der Waals surface area contributed by atoms with E-state index in [1.54, 1.807) is 0 Å². The van der Waals surface area contributed by atoms with Crippen LogP contribution in [0, 0.1) is 0 Å². The van der Waals surface area contributed by atoms with Crippen LogP contribution >= 0.6 is 0 Å². The molecule has 0 spiro atoms. The molecule has 0 saturated carbocycles. The molecular formula is C48H36. The summed E-state index contributed by atoms with van der Waals surface area (Å²) in [4.78, 5) is 0. The molecule has 0 aromatic heterocycles. The molecule has 0 amide bonds. The standard InChI is InChI=1S/C46H30.C2H6/c1-4-16-31(17-5-1)43-36-23-11-14-26-39(36)46(40-27-15-12-24-37(40)43)34-28-29-41-42(30-34)45(33-20-8-3-9-21-33)38-25-13-10-22-35(38)44(41)32-18-6-2-7-19-32;1-2/h1-30H;1-2H3. The SMILES string of the molecule is CC.c1ccc(-c2c3ccccc3c(-c3ccc4c(-c5ccccc5)c5ccccc5c(-c5ccccc5)c4c3)c3ccccc23)cc1. The Hall–Kier alpha value is -5.98. The van der Waals surface area contributed by atoms with Crippen molar-refractivity contribution in [3.63, 3.8) is 0 Å². The Labute approximate surface area is 282 Å². The van der Waals surface area contributed by atoms with E-state index in [2.05, 4.69) is 182 Å². The molecule has 0 nitrogen and oxygen atoms in total. The van der Waals surface area contributed by atoms with E-state index in [1.807, 2.05) is 13.8 Å². The first-order chi connectivity index (χ1) is 23.9. The van der Waals surface area contributed by atoms with Gasteiger partial charge in [0, 0.05) is 0 Å². The molecule has 0 bridgehead atoms. The van der Waals surface area contributed by atoms with Gasteiger partial charge in [-0.1, -0.05) is 190 Å². The van der Waals surface area contributed by atoms with Crippen LogP contribution in [0.15, 0.2) is 182 Å². The highest BCUT2D eigenvalue weighted by Gasteiger charge is 2.20. The summed E-state index contributed by atoms with van der Waals surface area (Å²) in [6, 6.07) is 66.4. The van der Waals surface area contributed by atoms with E-state index < -0.39 is 0 Å². The van der Waals surface area contributed by atoms with E-state index in [9.17, 15) is 0 Å². The number of benzene rings is 9. The minimum atomic E-state index is 1.23. The zero-order valence-electron chi connectivity index (χ0n) is 27.3. The van der Waals surface area contributed by atoms with Crippen LogP contribution in [0.3, 0.4) is 0 Å². The van der Waals surface area contributed by atoms with Crippen molar-refractivity contribution in [2.45, 2.75) is 13.8 Å². The van der Waals surface area contributed by atoms with Crippen LogP contribution < -0.4 is 0 Å². The first-order valence-corrected chi connectivity index (χ1v) is 17.0. The predicted octanol–water partition coefficient (Wildman–Crippen LogP) is 14.0. The lowest BCUT2D eigenvalue weighted by Gasteiger charge is -2.20. The smallest absolute Gasteiger partial charge is 0.00261 e. The second kappa shape index (κ2) is 12.7. The van der Waals surface area contributed by atoms with Crippen molar-refractivity contribution < 1.29 is 0 Å². The lowest BCUT2D eigenvalue weighted by Crippen LogP contribution is -1.93. The monoisotopic (exact) mass is 612 g/mol. The summed E-state index contributed by atoms with van der Waals surface area (Å²) in [6.45, 7) is 4.00. The summed E-state index contributed by atoms with van der Waals surface area (Å²) in [7, 11) is 0. The van der Waals surface area contributed by atoms with Gasteiger partial charge >= 0.3 is 0 Å². The van der Waals surface area contributed by atoms with Crippen molar-refractivity contribution >= 4 is 43.1 Å². The molecule has 0 saturated heterocycles. The van der Waals surface area contributed by atoms with Crippen LogP contribution in [0.4, 0.5) is 0 Å². The van der Waals surface area contributed by atoms with Crippen molar-refractivity contribution in [1.29, 1.82) is 0 Å². The molecule has 0 heteroatoms. The molecule has 48 heavy (non-hydrogen) atoms. The number of rotatable bonds is 4. The Bertz CT molecular complexity index is 2490. The summed E-state index contributed by atoms with van der Waals surface area (Å²) in [5.41, 5.74) is 10.1. The fourth-order valence-electron chi connectivity index (χ4n) is 7.52. The molecule has 0 N–H and O–H groups in total. The van der Waals surface area contributed by atoms with Gasteiger partial charge in [-0.25, -0.2) is 0 Å². The van der Waals surface area contributed by atoms with E-state index in [4.69, 9.17) is 0 Å². The summed E-state index contributed by atoms with van der Waals surface area (Å²) >= 11 is 0.